The van der Waals surface area contributed by atoms with Crippen LogP contribution in [0.4, 0.5) is 4.39 Å². The molecule has 0 aliphatic heterocycles. The molecule has 1 aromatic heterocycles. The van der Waals surface area contributed by atoms with Gasteiger partial charge in [0.05, 0.1) is 0 Å². The molecule has 0 amide bonds. The highest BCUT2D eigenvalue weighted by atomic mass is 79.9. The van der Waals surface area contributed by atoms with Gasteiger partial charge in [0.15, 0.2) is 5.82 Å². The van der Waals surface area contributed by atoms with Crippen LogP contribution in [0.15, 0.2) is 27.8 Å². The molecule has 9 heteroatoms. The van der Waals surface area contributed by atoms with Crippen LogP contribution in [0.2, 0.25) is 0 Å². The molecule has 0 saturated heterocycles. The van der Waals surface area contributed by atoms with Crippen LogP contribution in [-0.2, 0) is 17.1 Å². The molecule has 2 aromatic rings. The van der Waals surface area contributed by atoms with E-state index < -0.39 is 15.8 Å². The predicted molar refractivity (Wildman–Crippen MR) is 65.5 cm³/mol. The fraction of sp³-hybridized carbons (Fsp3) is 0.111. The second kappa shape index (κ2) is 4.41. The van der Waals surface area contributed by atoms with Gasteiger partial charge < -0.3 is 0 Å². The van der Waals surface area contributed by atoms with Gasteiger partial charge in [-0.05, 0) is 18.2 Å². The number of hydrogen-bond donors (Lipinski definition) is 1. The van der Waals surface area contributed by atoms with Crippen LogP contribution in [0.1, 0.15) is 0 Å². The summed E-state index contributed by atoms with van der Waals surface area (Å²) in [7, 11) is -2.53. The van der Waals surface area contributed by atoms with Crippen molar-refractivity contribution in [1.82, 2.24) is 14.8 Å². The first-order valence-electron chi connectivity index (χ1n) is 4.68. The minimum atomic E-state index is -3.96. The number of sulfonamides is 1. The van der Waals surface area contributed by atoms with Crippen molar-refractivity contribution in [2.45, 2.75) is 5.16 Å². The largest absolute Gasteiger partial charge is 0.300 e. The van der Waals surface area contributed by atoms with Crippen LogP contribution in [0.5, 0.6) is 0 Å². The number of primary sulfonamides is 1. The summed E-state index contributed by atoms with van der Waals surface area (Å²) in [6, 6.07) is 3.99. The summed E-state index contributed by atoms with van der Waals surface area (Å²) in [5.41, 5.74) is 0.389. The molecule has 2 rings (SSSR count). The Kier molecular flexibility index (Phi) is 3.21. The van der Waals surface area contributed by atoms with Crippen LogP contribution in [-0.4, -0.2) is 23.2 Å². The minimum absolute atomic E-state index is 0.199. The molecule has 0 aliphatic rings. The summed E-state index contributed by atoms with van der Waals surface area (Å²) in [6.07, 6.45) is 0. The monoisotopic (exact) mass is 334 g/mol. The van der Waals surface area contributed by atoms with E-state index in [1.165, 1.54) is 29.8 Å². The summed E-state index contributed by atoms with van der Waals surface area (Å²) < 4.78 is 37.4. The topological polar surface area (TPSA) is 90.9 Å². The summed E-state index contributed by atoms with van der Waals surface area (Å²) in [4.78, 5) is 0. The number of benzene rings is 1. The number of halogens is 2. The van der Waals surface area contributed by atoms with Crippen LogP contribution >= 0.6 is 15.9 Å². The molecule has 0 spiro atoms. The van der Waals surface area contributed by atoms with Gasteiger partial charge in [0.2, 0.25) is 0 Å². The molecule has 0 bridgehead atoms. The first-order valence-corrected chi connectivity index (χ1v) is 7.02. The van der Waals surface area contributed by atoms with Gasteiger partial charge in [0.25, 0.3) is 15.2 Å². The zero-order chi connectivity index (χ0) is 13.5. The first kappa shape index (κ1) is 13.1. The molecule has 0 atom stereocenters. The highest BCUT2D eigenvalue weighted by Crippen LogP contribution is 2.28. The maximum atomic E-state index is 13.2. The molecule has 96 valence electrons. The summed E-state index contributed by atoms with van der Waals surface area (Å²) in [5.74, 6) is -0.265. The van der Waals surface area contributed by atoms with Crippen molar-refractivity contribution in [3.05, 3.63) is 28.5 Å². The van der Waals surface area contributed by atoms with Gasteiger partial charge in [-0.25, -0.2) is 17.9 Å². The zero-order valence-corrected chi connectivity index (χ0v) is 11.5. The van der Waals surface area contributed by atoms with Gasteiger partial charge >= 0.3 is 0 Å². The van der Waals surface area contributed by atoms with E-state index in [9.17, 15) is 12.8 Å². The lowest BCUT2D eigenvalue weighted by Gasteiger charge is -2.04. The Morgan fingerprint density at radius 1 is 1.39 bits per heavy atom. The van der Waals surface area contributed by atoms with Crippen LogP contribution in [0.3, 0.4) is 0 Å². The fourth-order valence-electron chi connectivity index (χ4n) is 1.47. The van der Waals surface area contributed by atoms with Crippen LogP contribution < -0.4 is 5.14 Å². The molecule has 0 aliphatic carbocycles. The molecule has 0 saturated carbocycles. The minimum Gasteiger partial charge on any atom is -0.300 e. The van der Waals surface area contributed by atoms with Gasteiger partial charge in [0, 0.05) is 17.1 Å². The molecule has 2 N–H and O–H groups in total. The Morgan fingerprint density at radius 3 is 2.61 bits per heavy atom. The molecule has 6 nitrogen and oxygen atoms in total. The SMILES string of the molecule is Cn1c(-c2cc(F)ccc2Br)nnc1S(N)(=O)=O. The van der Waals surface area contributed by atoms with Crippen LogP contribution in [0.25, 0.3) is 11.4 Å². The lowest BCUT2D eigenvalue weighted by molar-refractivity contribution is 0.580. The van der Waals surface area contributed by atoms with E-state index in [0.717, 1.165) is 0 Å². The Morgan fingerprint density at radius 2 is 2.06 bits per heavy atom. The average Bonchev–Trinajstić information content (AvgIpc) is 2.63. The third-order valence-electron chi connectivity index (χ3n) is 2.26. The van der Waals surface area contributed by atoms with E-state index in [2.05, 4.69) is 26.1 Å². The molecule has 0 radical (unpaired) electrons. The highest BCUT2D eigenvalue weighted by molar-refractivity contribution is 9.10. The fourth-order valence-corrected chi connectivity index (χ4v) is 2.51. The van der Waals surface area contributed by atoms with Gasteiger partial charge in [-0.15, -0.1) is 10.2 Å². The number of rotatable bonds is 2. The maximum Gasteiger partial charge on any atom is 0.273 e. The van der Waals surface area contributed by atoms with Gasteiger partial charge in [0.1, 0.15) is 5.82 Å². The molecule has 1 heterocycles. The first-order chi connectivity index (χ1) is 8.30. The Labute approximate surface area is 111 Å². The second-order valence-corrected chi connectivity index (χ2v) is 5.84. The molecule has 18 heavy (non-hydrogen) atoms. The van der Waals surface area contributed by atoms with Crippen molar-refractivity contribution in [2.24, 2.45) is 12.2 Å². The highest BCUT2D eigenvalue weighted by Gasteiger charge is 2.20. The standard InChI is InChI=1S/C9H8BrFN4O2S/c1-15-8(13-14-9(15)18(12,16)17)6-4-5(11)2-3-7(6)10/h2-4H,1H3,(H2,12,16,17). The lowest BCUT2D eigenvalue weighted by atomic mass is 10.2. The van der Waals surface area contributed by atoms with E-state index in [0.29, 0.717) is 10.0 Å². The van der Waals surface area contributed by atoms with E-state index >= 15 is 0 Å². The Balaban J connectivity index is 2.67. The number of nitrogens with zero attached hydrogens (tertiary/aromatic N) is 3. The van der Waals surface area contributed by atoms with E-state index in [-0.39, 0.29) is 11.0 Å². The van der Waals surface area contributed by atoms with Gasteiger partial charge in [-0.3, -0.25) is 4.57 Å². The smallest absolute Gasteiger partial charge is 0.273 e. The van der Waals surface area contributed by atoms with Crippen molar-refractivity contribution in [1.29, 1.82) is 0 Å². The number of aromatic nitrogens is 3. The Bertz CT molecular complexity index is 713. The molecular weight excluding hydrogens is 327 g/mol. The average molecular weight is 335 g/mol. The van der Waals surface area contributed by atoms with Crippen molar-refractivity contribution in [3.8, 4) is 11.4 Å². The molecule has 0 fully saturated rings. The van der Waals surface area contributed by atoms with E-state index in [1.807, 2.05) is 0 Å². The zero-order valence-electron chi connectivity index (χ0n) is 9.13. The van der Waals surface area contributed by atoms with E-state index in [4.69, 9.17) is 5.14 Å². The molecular formula is C9H8BrFN4O2S. The second-order valence-electron chi connectivity index (χ2n) is 3.53. The lowest BCUT2D eigenvalue weighted by Crippen LogP contribution is -2.17. The van der Waals surface area contributed by atoms with Gasteiger partial charge in [-0.2, -0.15) is 0 Å². The number of nitrogens with two attached hydrogens (primary N) is 1. The third-order valence-corrected chi connectivity index (χ3v) is 3.81. The summed E-state index contributed by atoms with van der Waals surface area (Å²) >= 11 is 3.23. The normalized spacial score (nSPS) is 11.8. The van der Waals surface area contributed by atoms with Crippen molar-refractivity contribution in [3.63, 3.8) is 0 Å². The molecule has 0 unspecified atom stereocenters. The molecule has 1 aromatic carbocycles. The summed E-state index contributed by atoms with van der Waals surface area (Å²) in [6.45, 7) is 0. The predicted octanol–water partition coefficient (Wildman–Crippen LogP) is 1.03. The third kappa shape index (κ3) is 2.28. The van der Waals surface area contributed by atoms with Crippen molar-refractivity contribution >= 4 is 26.0 Å². The van der Waals surface area contributed by atoms with Gasteiger partial charge in [-0.1, -0.05) is 15.9 Å². The van der Waals surface area contributed by atoms with E-state index in [1.54, 1.807) is 0 Å². The quantitative estimate of drug-likeness (QED) is 0.887. The number of hydrogen-bond acceptors (Lipinski definition) is 4. The van der Waals surface area contributed by atoms with Crippen molar-refractivity contribution in [2.75, 3.05) is 0 Å². The van der Waals surface area contributed by atoms with Crippen LogP contribution in [0, 0.1) is 5.82 Å². The van der Waals surface area contributed by atoms with Crippen molar-refractivity contribution < 1.29 is 12.8 Å². The maximum absolute atomic E-state index is 13.2. The Hall–Kier alpha value is -1.32. The summed E-state index contributed by atoms with van der Waals surface area (Å²) in [5, 5.41) is 11.8.